The maximum absolute atomic E-state index is 5.40. The van der Waals surface area contributed by atoms with Crippen molar-refractivity contribution in [3.63, 3.8) is 0 Å². The van der Waals surface area contributed by atoms with Crippen molar-refractivity contribution >= 4 is 45.9 Å². The molecule has 2 heterocycles. The number of halogens is 2. The number of hydrogen-bond acceptors (Lipinski definition) is 4. The largest absolute Gasteiger partial charge is 0.469 e. The molecule has 1 fully saturated rings. The fourth-order valence-electron chi connectivity index (χ4n) is 3.03. The van der Waals surface area contributed by atoms with Crippen LogP contribution >= 0.6 is 39.9 Å². The number of furan rings is 1. The van der Waals surface area contributed by atoms with Crippen molar-refractivity contribution in [2.75, 3.05) is 45.9 Å². The lowest BCUT2D eigenvalue weighted by atomic mass is 10.2. The predicted octanol–water partition coefficient (Wildman–Crippen LogP) is 3.66. The molecule has 0 spiro atoms. The van der Waals surface area contributed by atoms with E-state index in [9.17, 15) is 0 Å². The molecule has 2 aromatic rings. The monoisotopic (exact) mass is 576 g/mol. The number of ether oxygens (including phenoxy) is 1. The van der Waals surface area contributed by atoms with Gasteiger partial charge in [-0.1, -0.05) is 28.1 Å². The molecule has 8 heteroatoms. The van der Waals surface area contributed by atoms with E-state index in [0.717, 1.165) is 75.0 Å². The molecule has 0 aliphatic carbocycles. The van der Waals surface area contributed by atoms with Gasteiger partial charge in [0, 0.05) is 37.1 Å². The molecule has 0 unspecified atom stereocenters. The number of morpholine rings is 1. The summed E-state index contributed by atoms with van der Waals surface area (Å²) in [5, 5.41) is 6.88. The van der Waals surface area contributed by atoms with Gasteiger partial charge in [-0.15, -0.1) is 24.0 Å². The Balaban J connectivity index is 0.00000300. The van der Waals surface area contributed by atoms with Crippen LogP contribution in [0.1, 0.15) is 17.7 Å². The van der Waals surface area contributed by atoms with Crippen LogP contribution in [0, 0.1) is 0 Å². The maximum atomic E-state index is 5.40. The van der Waals surface area contributed by atoms with Gasteiger partial charge in [0.15, 0.2) is 5.96 Å². The van der Waals surface area contributed by atoms with Gasteiger partial charge >= 0.3 is 0 Å². The molecule has 1 aromatic heterocycles. The molecule has 0 amide bonds. The number of benzene rings is 1. The van der Waals surface area contributed by atoms with E-state index >= 15 is 0 Å². The summed E-state index contributed by atoms with van der Waals surface area (Å²) in [5.41, 5.74) is 1.18. The second-order valence-electron chi connectivity index (χ2n) is 6.78. The summed E-state index contributed by atoms with van der Waals surface area (Å²) in [4.78, 5) is 7.19. The molecule has 1 aliphatic rings. The second kappa shape index (κ2) is 14.0. The fourth-order valence-corrected chi connectivity index (χ4v) is 3.29. The van der Waals surface area contributed by atoms with Crippen LogP contribution in [0.25, 0.3) is 0 Å². The third kappa shape index (κ3) is 9.50. The van der Waals surface area contributed by atoms with Gasteiger partial charge < -0.3 is 19.8 Å². The van der Waals surface area contributed by atoms with Gasteiger partial charge in [0.2, 0.25) is 0 Å². The van der Waals surface area contributed by atoms with E-state index < -0.39 is 0 Å². The summed E-state index contributed by atoms with van der Waals surface area (Å²) >= 11 is 3.47. The zero-order valence-corrected chi connectivity index (χ0v) is 20.5. The number of aliphatic imine (C=N–C) groups is 1. The van der Waals surface area contributed by atoms with Crippen LogP contribution < -0.4 is 10.6 Å². The first-order valence-corrected chi connectivity index (χ1v) is 10.7. The average molecular weight is 577 g/mol. The molecule has 0 saturated carbocycles. The van der Waals surface area contributed by atoms with Crippen molar-refractivity contribution < 1.29 is 9.15 Å². The quantitative estimate of drug-likeness (QED) is 0.206. The van der Waals surface area contributed by atoms with Crippen molar-refractivity contribution in [1.29, 1.82) is 0 Å². The second-order valence-corrected chi connectivity index (χ2v) is 7.70. The minimum Gasteiger partial charge on any atom is -0.469 e. The summed E-state index contributed by atoms with van der Waals surface area (Å²) < 4.78 is 11.9. The lowest BCUT2D eigenvalue weighted by molar-refractivity contribution is 0.0376. The highest BCUT2D eigenvalue weighted by molar-refractivity contribution is 14.0. The first-order chi connectivity index (χ1) is 13.8. The minimum absolute atomic E-state index is 0. The number of rotatable bonds is 9. The molecule has 29 heavy (non-hydrogen) atoms. The van der Waals surface area contributed by atoms with E-state index in [-0.39, 0.29) is 24.0 Å². The highest BCUT2D eigenvalue weighted by Gasteiger charge is 2.09. The van der Waals surface area contributed by atoms with Gasteiger partial charge in [0.25, 0.3) is 0 Å². The van der Waals surface area contributed by atoms with E-state index in [1.165, 1.54) is 5.56 Å². The van der Waals surface area contributed by atoms with E-state index in [4.69, 9.17) is 14.1 Å². The highest BCUT2D eigenvalue weighted by Crippen LogP contribution is 2.11. The van der Waals surface area contributed by atoms with Crippen LogP contribution in [-0.2, 0) is 17.7 Å². The molecular formula is C21H30BrIN4O2. The Hall–Kier alpha value is -1.10. The summed E-state index contributed by atoms with van der Waals surface area (Å²) in [5.74, 6) is 1.82. The standard InChI is InChI=1S/C21H29BrN4O2.HI/c22-19-6-4-18(5-7-19)17-25-21(24-10-8-20-3-1-14-28-20)23-9-2-11-26-12-15-27-16-13-26;/h1,3-7,14H,2,8-13,15-17H2,(H2,23,24,25);1H. The molecule has 0 radical (unpaired) electrons. The van der Waals surface area contributed by atoms with Gasteiger partial charge in [0.1, 0.15) is 5.76 Å². The smallest absolute Gasteiger partial charge is 0.191 e. The van der Waals surface area contributed by atoms with Crippen molar-refractivity contribution in [2.45, 2.75) is 19.4 Å². The van der Waals surface area contributed by atoms with Gasteiger partial charge in [-0.05, 0) is 42.8 Å². The van der Waals surface area contributed by atoms with Crippen molar-refractivity contribution in [2.24, 2.45) is 4.99 Å². The first-order valence-electron chi connectivity index (χ1n) is 9.89. The van der Waals surface area contributed by atoms with E-state index in [2.05, 4.69) is 43.6 Å². The van der Waals surface area contributed by atoms with Gasteiger partial charge in [-0.2, -0.15) is 0 Å². The Morgan fingerprint density at radius 2 is 1.83 bits per heavy atom. The SMILES string of the molecule is Brc1ccc(CN=C(NCCCN2CCOCC2)NCCc2ccco2)cc1.I. The summed E-state index contributed by atoms with van der Waals surface area (Å²) in [6, 6.07) is 12.2. The van der Waals surface area contributed by atoms with Crippen molar-refractivity contribution in [3.05, 3.63) is 58.5 Å². The zero-order chi connectivity index (χ0) is 19.4. The van der Waals surface area contributed by atoms with Crippen LogP contribution in [-0.4, -0.2) is 56.8 Å². The lowest BCUT2D eigenvalue weighted by Gasteiger charge is -2.26. The molecule has 1 aromatic carbocycles. The number of guanidine groups is 1. The molecule has 1 saturated heterocycles. The van der Waals surface area contributed by atoms with E-state index in [1.54, 1.807) is 6.26 Å². The van der Waals surface area contributed by atoms with Crippen LogP contribution in [0.15, 0.2) is 56.5 Å². The summed E-state index contributed by atoms with van der Waals surface area (Å²) in [6.07, 6.45) is 3.62. The fraction of sp³-hybridized carbons (Fsp3) is 0.476. The molecule has 0 atom stereocenters. The van der Waals surface area contributed by atoms with Crippen molar-refractivity contribution in [3.8, 4) is 0 Å². The molecule has 160 valence electrons. The molecular weight excluding hydrogens is 547 g/mol. The molecule has 6 nitrogen and oxygen atoms in total. The third-order valence-electron chi connectivity index (χ3n) is 4.62. The normalized spacial score (nSPS) is 15.0. The average Bonchev–Trinajstić information content (AvgIpc) is 3.24. The molecule has 1 aliphatic heterocycles. The van der Waals surface area contributed by atoms with Gasteiger partial charge in [-0.3, -0.25) is 4.90 Å². The number of nitrogens with one attached hydrogen (secondary N) is 2. The summed E-state index contributed by atoms with van der Waals surface area (Å²) in [6.45, 7) is 7.17. The van der Waals surface area contributed by atoms with E-state index in [0.29, 0.717) is 6.54 Å². The van der Waals surface area contributed by atoms with Crippen molar-refractivity contribution in [1.82, 2.24) is 15.5 Å². The predicted molar refractivity (Wildman–Crippen MR) is 131 cm³/mol. The van der Waals surface area contributed by atoms with Gasteiger partial charge in [-0.25, -0.2) is 4.99 Å². The van der Waals surface area contributed by atoms with Crippen LogP contribution in [0.4, 0.5) is 0 Å². The Kier molecular flexibility index (Phi) is 11.7. The summed E-state index contributed by atoms with van der Waals surface area (Å²) in [7, 11) is 0. The lowest BCUT2D eigenvalue weighted by Crippen LogP contribution is -2.41. The zero-order valence-electron chi connectivity index (χ0n) is 16.6. The Bertz CT molecular complexity index is 704. The van der Waals surface area contributed by atoms with Crippen LogP contribution in [0.2, 0.25) is 0 Å². The third-order valence-corrected chi connectivity index (χ3v) is 5.15. The number of hydrogen-bond donors (Lipinski definition) is 2. The Labute approximate surface area is 198 Å². The molecule has 0 bridgehead atoms. The minimum atomic E-state index is 0. The number of nitrogens with zero attached hydrogens (tertiary/aromatic N) is 2. The Morgan fingerprint density at radius 1 is 1.07 bits per heavy atom. The molecule has 2 N–H and O–H groups in total. The van der Waals surface area contributed by atoms with Crippen LogP contribution in [0.5, 0.6) is 0 Å². The molecule has 3 rings (SSSR count). The Morgan fingerprint density at radius 3 is 2.55 bits per heavy atom. The first kappa shape index (κ1) is 24.2. The van der Waals surface area contributed by atoms with Crippen LogP contribution in [0.3, 0.4) is 0 Å². The van der Waals surface area contributed by atoms with E-state index in [1.807, 2.05) is 24.3 Å². The highest BCUT2D eigenvalue weighted by atomic mass is 127. The van der Waals surface area contributed by atoms with Gasteiger partial charge in [0.05, 0.1) is 26.0 Å². The maximum Gasteiger partial charge on any atom is 0.191 e. The topological polar surface area (TPSA) is 62.0 Å².